The first-order valence-electron chi connectivity index (χ1n) is 0. The van der Waals surface area contributed by atoms with Crippen LogP contribution >= 0.6 is 0 Å². The van der Waals surface area contributed by atoms with Crippen LogP contribution in [0.4, 0.5) is 0 Å². The van der Waals surface area contributed by atoms with Gasteiger partial charge in [0, 0.05) is 0 Å². The van der Waals surface area contributed by atoms with Crippen LogP contribution in [0.2, 0.25) is 0 Å². The van der Waals surface area contributed by atoms with Crippen molar-refractivity contribution in [3.63, 3.8) is 0 Å². The van der Waals surface area contributed by atoms with E-state index in [1.165, 1.54) is 0 Å². The first-order valence-corrected chi connectivity index (χ1v) is 0. The molecule has 74 valence electrons. The van der Waals surface area contributed by atoms with Gasteiger partial charge in [0.25, 0.3) is 0 Å². The van der Waals surface area contributed by atoms with Crippen molar-refractivity contribution in [1.82, 2.24) is 0 Å². The predicted octanol–water partition coefficient (Wildman–Crippen LogP) is -27.0. The molecule has 0 aromatic heterocycles. The molecule has 0 spiro atoms. The summed E-state index contributed by atoms with van der Waals surface area (Å²) < 4.78 is 0. The molecule has 0 amide bonds. The molecule has 0 fully saturated rings. The molecule has 0 aromatic carbocycles. The largest absolute Gasteiger partial charge is 3.00 e. The van der Waals surface area contributed by atoms with Gasteiger partial charge in [0.2, 0.25) is 0 Å². The summed E-state index contributed by atoms with van der Waals surface area (Å²) in [5.74, 6) is 0. The van der Waals surface area contributed by atoms with Crippen molar-refractivity contribution in [2.45, 2.75) is 0 Å². The average molecular weight is 748 g/mol. The maximum Gasteiger partial charge on any atom is 3.00 e. The maximum atomic E-state index is 0. The van der Waals surface area contributed by atoms with E-state index in [-0.39, 0.29) is 235 Å². The van der Waals surface area contributed by atoms with E-state index in [1.54, 1.807) is 0 Å². The van der Waals surface area contributed by atoms with Crippen LogP contribution in [0.3, 0.4) is 0 Å². The van der Waals surface area contributed by atoms with Crippen LogP contribution in [0.1, 0.15) is 0 Å². The second-order valence-electron chi connectivity index (χ2n) is 0. The normalized spacial score (nSPS) is 0. The predicted molar refractivity (Wildman–Crippen MR) is 0 cm³/mol. The van der Waals surface area contributed by atoms with Gasteiger partial charge in [-0.3, -0.25) is 0 Å². The third-order valence-corrected chi connectivity index (χ3v) is 0. The van der Waals surface area contributed by atoms with Gasteiger partial charge in [-0.2, -0.15) is 0 Å². The van der Waals surface area contributed by atoms with Gasteiger partial charge in [0.1, 0.15) is 0 Å². The molecule has 12 heavy (non-hydrogen) atoms. The van der Waals surface area contributed by atoms with E-state index < -0.39 is 0 Å². The summed E-state index contributed by atoms with van der Waals surface area (Å²) in [7, 11) is 0. The Morgan fingerprint density at radius 2 is 0.250 bits per heavy atom. The minimum atomic E-state index is 0. The van der Waals surface area contributed by atoms with Gasteiger partial charge >= 0.3 is 123 Å². The van der Waals surface area contributed by atoms with Gasteiger partial charge in [0.05, 0.1) is 0 Å². The quantitative estimate of drug-likeness (QED) is 0.231. The Balaban J connectivity index is 0. The third kappa shape index (κ3) is 92.0. The fraction of sp³-hybridized carbons (Fsp3) is 0. The molecule has 0 saturated heterocycles. The van der Waals surface area contributed by atoms with E-state index in [2.05, 4.69) is 0 Å². The van der Waals surface area contributed by atoms with Gasteiger partial charge in [-0.05, 0) is 0 Å². The molecule has 0 saturated carbocycles. The molecule has 0 aliphatic carbocycles. The smallest absolute Gasteiger partial charge is 1.00 e. The van der Waals surface area contributed by atoms with Crippen LogP contribution in [0.25, 0.3) is 0 Å². The minimum absolute atomic E-state index is 0. The van der Waals surface area contributed by atoms with E-state index in [1.807, 2.05) is 0 Å². The van der Waals surface area contributed by atoms with Crippen LogP contribution in [0.5, 0.6) is 0 Å². The summed E-state index contributed by atoms with van der Waals surface area (Å²) >= 11 is 0. The van der Waals surface area contributed by atoms with E-state index in [0.29, 0.717) is 0 Å². The third-order valence-electron chi connectivity index (χ3n) is 0. The van der Waals surface area contributed by atoms with Crippen molar-refractivity contribution in [2.75, 3.05) is 0 Å². The van der Waals surface area contributed by atoms with Crippen molar-refractivity contribution < 1.29 is 235 Å². The van der Waals surface area contributed by atoms with E-state index >= 15 is 0 Å². The monoisotopic (exact) mass is 739 g/mol. The molecule has 0 rings (SSSR count). The molecule has 0 heterocycles. The number of hydrogen-bond acceptors (Lipinski definition) is 0. The number of halogens is 9. The van der Waals surface area contributed by atoms with Crippen molar-refractivity contribution in [2.24, 2.45) is 0 Å². The SMILES string of the molecule is [Cl-].[Cl-].[Cl-].[Cl-].[Cl-].[Cl-].[Cl-].[Cl-].[Cl-].[Nd+3].[Nd+3].[Pr+3]. The van der Waals surface area contributed by atoms with Gasteiger partial charge in [-0.1, -0.05) is 0 Å². The summed E-state index contributed by atoms with van der Waals surface area (Å²) in [4.78, 5) is 0. The average Bonchev–Trinajstić information content (AvgIpc) is 0. The molecule has 0 bridgehead atoms. The molecule has 0 aromatic rings. The first kappa shape index (κ1) is 131. The Morgan fingerprint density at radius 1 is 0.250 bits per heavy atom. The summed E-state index contributed by atoms with van der Waals surface area (Å²) in [5.41, 5.74) is 0. The zero-order chi connectivity index (χ0) is 0. The van der Waals surface area contributed by atoms with Crippen LogP contribution in [0.15, 0.2) is 0 Å². The second-order valence-corrected chi connectivity index (χ2v) is 0. The van der Waals surface area contributed by atoms with Crippen molar-refractivity contribution in [3.8, 4) is 0 Å². The zero-order valence-corrected chi connectivity index (χ0v) is 21.9. The van der Waals surface area contributed by atoms with E-state index in [4.69, 9.17) is 0 Å². The molecular formula is Cl9Nd2Pr. The van der Waals surface area contributed by atoms with Gasteiger partial charge in [-0.25, -0.2) is 0 Å². The van der Waals surface area contributed by atoms with E-state index in [0.717, 1.165) is 0 Å². The van der Waals surface area contributed by atoms with Crippen molar-refractivity contribution >= 4 is 0 Å². The van der Waals surface area contributed by atoms with Crippen molar-refractivity contribution in [3.05, 3.63) is 0 Å². The Labute approximate surface area is 228 Å². The Morgan fingerprint density at radius 3 is 0.250 bits per heavy atom. The Bertz CT molecular complexity index is 12.5. The molecule has 0 atom stereocenters. The zero-order valence-electron chi connectivity index (χ0n) is 4.98. The number of hydrogen-bond donors (Lipinski definition) is 0. The van der Waals surface area contributed by atoms with Crippen molar-refractivity contribution in [1.29, 1.82) is 0 Å². The van der Waals surface area contributed by atoms with Gasteiger partial charge in [0.15, 0.2) is 0 Å². The summed E-state index contributed by atoms with van der Waals surface area (Å²) in [6, 6.07) is 0. The molecule has 0 unspecified atom stereocenters. The molecule has 0 nitrogen and oxygen atoms in total. The summed E-state index contributed by atoms with van der Waals surface area (Å²) in [5, 5.41) is 0. The van der Waals surface area contributed by atoms with Gasteiger partial charge in [-0.15, -0.1) is 0 Å². The minimum Gasteiger partial charge on any atom is -1.00 e. The Kier molecular flexibility index (Phi) is 1200. The Hall–Kier alpha value is 6.67. The molecule has 0 aliphatic rings. The molecule has 0 aliphatic heterocycles. The van der Waals surface area contributed by atoms with Gasteiger partial charge < -0.3 is 112 Å². The fourth-order valence-electron chi connectivity index (χ4n) is 0. The number of rotatable bonds is 0. The van der Waals surface area contributed by atoms with Crippen LogP contribution in [-0.4, -0.2) is 0 Å². The second kappa shape index (κ2) is 110. The summed E-state index contributed by atoms with van der Waals surface area (Å²) in [6.07, 6.45) is 0. The molecule has 2 radical (unpaired) electrons. The first-order chi connectivity index (χ1) is 0. The molecule has 12 heteroatoms. The van der Waals surface area contributed by atoms with Crippen LogP contribution < -0.4 is 112 Å². The topological polar surface area (TPSA) is 0 Å². The summed E-state index contributed by atoms with van der Waals surface area (Å²) in [6.45, 7) is 0. The maximum absolute atomic E-state index is 0. The standard InChI is InChI=1S/9ClH.2Nd.Pr/h9*1H;;;/q;;;;;;;;;3*+3/p-9. The molecule has 0 N–H and O–H groups in total. The molecular weight excluding hydrogens is 748 g/mol. The van der Waals surface area contributed by atoms with Crippen LogP contribution in [0, 0.1) is 123 Å². The van der Waals surface area contributed by atoms with Crippen LogP contribution in [-0.2, 0) is 0 Å². The fourth-order valence-corrected chi connectivity index (χ4v) is 0. The van der Waals surface area contributed by atoms with E-state index in [9.17, 15) is 0 Å².